The molecular formula is C18H24N4O2. The lowest BCUT2D eigenvalue weighted by molar-refractivity contribution is 0.0657. The number of aromatic nitrogens is 2. The van der Waals surface area contributed by atoms with E-state index in [1.165, 1.54) is 0 Å². The second-order valence-corrected chi connectivity index (χ2v) is 6.98. The van der Waals surface area contributed by atoms with Crippen molar-refractivity contribution in [1.29, 1.82) is 0 Å². The van der Waals surface area contributed by atoms with Crippen LogP contribution in [-0.2, 0) is 6.42 Å². The summed E-state index contributed by atoms with van der Waals surface area (Å²) in [4.78, 5) is 19.9. The average molecular weight is 328 g/mol. The Hall–Kier alpha value is -1.95. The van der Waals surface area contributed by atoms with Gasteiger partial charge >= 0.3 is 0 Å². The Balaban J connectivity index is 1.81. The van der Waals surface area contributed by atoms with Crippen molar-refractivity contribution in [3.05, 3.63) is 23.0 Å². The molecule has 6 heteroatoms. The zero-order valence-electron chi connectivity index (χ0n) is 14.3. The largest absolute Gasteiger partial charge is 0.336 e. The van der Waals surface area contributed by atoms with E-state index in [1.807, 2.05) is 11.0 Å². The Labute approximate surface area is 141 Å². The van der Waals surface area contributed by atoms with Crippen LogP contribution < -0.4 is 5.32 Å². The number of nitrogens with zero attached hydrogens (tertiary/aromatic N) is 3. The van der Waals surface area contributed by atoms with Crippen LogP contribution in [0.1, 0.15) is 60.8 Å². The predicted molar refractivity (Wildman–Crippen MR) is 91.1 cm³/mol. The van der Waals surface area contributed by atoms with Crippen LogP contribution in [0.2, 0.25) is 0 Å². The van der Waals surface area contributed by atoms with E-state index in [1.54, 1.807) is 0 Å². The van der Waals surface area contributed by atoms with Gasteiger partial charge < -0.3 is 14.7 Å². The summed E-state index contributed by atoms with van der Waals surface area (Å²) in [6.07, 6.45) is 4.05. The number of nitrogens with one attached hydrogen (secondary N) is 1. The number of fused-ring (bicyclic) bond motifs is 1. The van der Waals surface area contributed by atoms with E-state index in [0.29, 0.717) is 11.6 Å². The summed E-state index contributed by atoms with van der Waals surface area (Å²) >= 11 is 0. The molecule has 1 amide bonds. The molecule has 2 aromatic heterocycles. The van der Waals surface area contributed by atoms with Crippen molar-refractivity contribution in [1.82, 2.24) is 20.4 Å². The SMILES string of the molecule is CCCc1noc2nc(C3CC3)cc(C(=O)N3CCNC[C@H]3C)c12. The second-order valence-electron chi connectivity index (χ2n) is 6.98. The molecule has 0 spiro atoms. The van der Waals surface area contributed by atoms with Crippen molar-refractivity contribution in [3.63, 3.8) is 0 Å². The fourth-order valence-electron chi connectivity index (χ4n) is 3.49. The minimum Gasteiger partial charge on any atom is -0.336 e. The van der Waals surface area contributed by atoms with Gasteiger partial charge in [0.15, 0.2) is 0 Å². The van der Waals surface area contributed by atoms with Gasteiger partial charge in [-0.15, -0.1) is 0 Å². The molecule has 2 aliphatic rings. The third kappa shape index (κ3) is 2.69. The van der Waals surface area contributed by atoms with Crippen molar-refractivity contribution in [2.45, 2.75) is 51.5 Å². The molecule has 1 saturated heterocycles. The van der Waals surface area contributed by atoms with Crippen LogP contribution in [0.5, 0.6) is 0 Å². The van der Waals surface area contributed by atoms with Gasteiger partial charge in [-0.05, 0) is 32.3 Å². The zero-order valence-corrected chi connectivity index (χ0v) is 14.3. The molecule has 1 aliphatic heterocycles. The van der Waals surface area contributed by atoms with Crippen LogP contribution in [0.3, 0.4) is 0 Å². The molecule has 2 aromatic rings. The van der Waals surface area contributed by atoms with Gasteiger partial charge in [-0.3, -0.25) is 4.79 Å². The van der Waals surface area contributed by atoms with Crippen LogP contribution in [0.25, 0.3) is 11.1 Å². The molecule has 6 nitrogen and oxygen atoms in total. The van der Waals surface area contributed by atoms with E-state index in [2.05, 4.69) is 29.3 Å². The standard InChI is InChI=1S/C18H24N4O2/c1-3-4-14-16-13(18(23)22-8-7-19-10-11(22)2)9-15(12-5-6-12)20-17(16)24-21-14/h9,11-12,19H,3-8,10H2,1-2H3/t11-/m1/s1. The Morgan fingerprint density at radius 2 is 2.29 bits per heavy atom. The first-order valence-corrected chi connectivity index (χ1v) is 9.00. The third-order valence-corrected chi connectivity index (χ3v) is 5.01. The minimum absolute atomic E-state index is 0.0823. The minimum atomic E-state index is 0.0823. The number of carbonyl (C=O) groups is 1. The number of aryl methyl sites for hydroxylation is 1. The number of rotatable bonds is 4. The lowest BCUT2D eigenvalue weighted by Gasteiger charge is -2.34. The molecule has 1 N–H and O–H groups in total. The first-order chi connectivity index (χ1) is 11.7. The molecular weight excluding hydrogens is 304 g/mol. The van der Waals surface area contributed by atoms with Gasteiger partial charge in [-0.25, -0.2) is 4.98 Å². The number of piperazine rings is 1. The highest BCUT2D eigenvalue weighted by atomic mass is 16.5. The van der Waals surface area contributed by atoms with E-state index in [9.17, 15) is 4.79 Å². The summed E-state index contributed by atoms with van der Waals surface area (Å²) in [6, 6.07) is 2.18. The maximum absolute atomic E-state index is 13.3. The first kappa shape index (κ1) is 15.6. The Bertz CT molecular complexity index is 766. The highest BCUT2D eigenvalue weighted by molar-refractivity contribution is 6.06. The van der Waals surface area contributed by atoms with Crippen LogP contribution in [-0.4, -0.2) is 46.6 Å². The number of pyridine rings is 1. The van der Waals surface area contributed by atoms with Gasteiger partial charge in [-0.1, -0.05) is 18.5 Å². The Morgan fingerprint density at radius 1 is 1.46 bits per heavy atom. The molecule has 0 unspecified atom stereocenters. The molecule has 1 atom stereocenters. The smallest absolute Gasteiger partial charge is 0.259 e. The van der Waals surface area contributed by atoms with Gasteiger partial charge in [-0.2, -0.15) is 0 Å². The van der Waals surface area contributed by atoms with Crippen molar-refractivity contribution < 1.29 is 9.32 Å². The molecule has 2 fully saturated rings. The van der Waals surface area contributed by atoms with E-state index in [4.69, 9.17) is 4.52 Å². The average Bonchev–Trinajstić information content (AvgIpc) is 3.37. The highest BCUT2D eigenvalue weighted by Crippen LogP contribution is 2.40. The summed E-state index contributed by atoms with van der Waals surface area (Å²) in [5, 5.41) is 8.35. The lowest BCUT2D eigenvalue weighted by atomic mass is 10.0. The molecule has 3 heterocycles. The van der Waals surface area contributed by atoms with Gasteiger partial charge in [0.1, 0.15) is 0 Å². The molecule has 1 saturated carbocycles. The zero-order chi connectivity index (χ0) is 16.7. The maximum Gasteiger partial charge on any atom is 0.259 e. The summed E-state index contributed by atoms with van der Waals surface area (Å²) in [5.41, 5.74) is 3.08. The Kier molecular flexibility index (Phi) is 4.00. The van der Waals surface area contributed by atoms with Gasteiger partial charge in [0, 0.05) is 37.3 Å². The summed E-state index contributed by atoms with van der Waals surface area (Å²) in [7, 11) is 0. The first-order valence-electron chi connectivity index (χ1n) is 9.00. The van der Waals surface area contributed by atoms with Crippen LogP contribution >= 0.6 is 0 Å². The van der Waals surface area contributed by atoms with Crippen molar-refractivity contribution in [2.75, 3.05) is 19.6 Å². The van der Waals surface area contributed by atoms with E-state index >= 15 is 0 Å². The topological polar surface area (TPSA) is 71.3 Å². The van der Waals surface area contributed by atoms with E-state index in [0.717, 1.165) is 67.7 Å². The summed E-state index contributed by atoms with van der Waals surface area (Å²) < 4.78 is 5.48. The van der Waals surface area contributed by atoms with Crippen LogP contribution in [0.4, 0.5) is 0 Å². The van der Waals surface area contributed by atoms with Gasteiger partial charge in [0.25, 0.3) is 11.6 Å². The normalized spacial score (nSPS) is 21.4. The van der Waals surface area contributed by atoms with Gasteiger partial charge in [0.05, 0.1) is 16.6 Å². The maximum atomic E-state index is 13.3. The van der Waals surface area contributed by atoms with E-state index < -0.39 is 0 Å². The lowest BCUT2D eigenvalue weighted by Crippen LogP contribution is -2.52. The number of hydrogen-bond acceptors (Lipinski definition) is 5. The summed E-state index contributed by atoms with van der Waals surface area (Å²) in [5.74, 6) is 0.556. The van der Waals surface area contributed by atoms with E-state index in [-0.39, 0.29) is 11.9 Å². The fraction of sp³-hybridized carbons (Fsp3) is 0.611. The van der Waals surface area contributed by atoms with Crippen LogP contribution in [0, 0.1) is 0 Å². The monoisotopic (exact) mass is 328 g/mol. The molecule has 0 radical (unpaired) electrons. The predicted octanol–water partition coefficient (Wildman–Crippen LogP) is 2.49. The molecule has 128 valence electrons. The number of hydrogen-bond donors (Lipinski definition) is 1. The Morgan fingerprint density at radius 3 is 3.00 bits per heavy atom. The molecule has 0 aromatic carbocycles. The fourth-order valence-corrected chi connectivity index (χ4v) is 3.49. The number of carbonyl (C=O) groups excluding carboxylic acids is 1. The molecule has 0 bridgehead atoms. The number of amides is 1. The van der Waals surface area contributed by atoms with Crippen LogP contribution in [0.15, 0.2) is 10.6 Å². The van der Waals surface area contributed by atoms with Crippen molar-refractivity contribution >= 4 is 17.0 Å². The highest BCUT2D eigenvalue weighted by Gasteiger charge is 2.31. The summed E-state index contributed by atoms with van der Waals surface area (Å²) in [6.45, 7) is 6.60. The van der Waals surface area contributed by atoms with Crippen molar-refractivity contribution in [2.24, 2.45) is 0 Å². The molecule has 24 heavy (non-hydrogen) atoms. The quantitative estimate of drug-likeness (QED) is 0.933. The molecule has 1 aliphatic carbocycles. The van der Waals surface area contributed by atoms with Crippen molar-refractivity contribution in [3.8, 4) is 0 Å². The second kappa shape index (κ2) is 6.16. The molecule has 4 rings (SSSR count). The third-order valence-electron chi connectivity index (χ3n) is 5.01. The van der Waals surface area contributed by atoms with Gasteiger partial charge in [0.2, 0.25) is 0 Å².